The number of carbonyl (C=O) groups excluding carboxylic acids is 1. The molecule has 0 aliphatic carbocycles. The van der Waals surface area contributed by atoms with E-state index in [1.165, 1.54) is 6.20 Å². The monoisotopic (exact) mass is 278 g/mol. The van der Waals surface area contributed by atoms with Crippen LogP contribution in [0.2, 0.25) is 0 Å². The first-order valence-corrected chi connectivity index (χ1v) is 6.58. The summed E-state index contributed by atoms with van der Waals surface area (Å²) < 4.78 is 0. The van der Waals surface area contributed by atoms with Gasteiger partial charge in [-0.05, 0) is 29.8 Å². The quantitative estimate of drug-likeness (QED) is 0.770. The molecule has 0 fully saturated rings. The molecule has 0 aliphatic rings. The maximum Gasteiger partial charge on any atom is 0.275 e. The molecule has 0 saturated heterocycles. The fourth-order valence-electron chi connectivity index (χ4n) is 2.04. The van der Waals surface area contributed by atoms with Crippen molar-refractivity contribution in [3.05, 3.63) is 66.0 Å². The zero-order valence-corrected chi connectivity index (χ0v) is 11.3. The highest BCUT2D eigenvalue weighted by Gasteiger charge is 2.09. The largest absolute Gasteiger partial charge is 0.326 e. The lowest BCUT2D eigenvalue weighted by atomic mass is 10.2. The maximum atomic E-state index is 12.2. The van der Waals surface area contributed by atoms with Gasteiger partial charge in [-0.1, -0.05) is 24.3 Å². The molecule has 0 radical (unpaired) electrons. The number of hydrogen-bond acceptors (Lipinski definition) is 4. The minimum absolute atomic E-state index is 0.284. The lowest BCUT2D eigenvalue weighted by molar-refractivity contribution is 0.102. The van der Waals surface area contributed by atoms with E-state index in [0.717, 1.165) is 11.1 Å². The van der Waals surface area contributed by atoms with E-state index in [2.05, 4.69) is 15.3 Å². The van der Waals surface area contributed by atoms with Crippen LogP contribution in [-0.2, 0) is 6.54 Å². The first-order valence-electron chi connectivity index (χ1n) is 6.58. The van der Waals surface area contributed by atoms with E-state index < -0.39 is 0 Å². The summed E-state index contributed by atoms with van der Waals surface area (Å²) in [6, 6.07) is 14.8. The van der Waals surface area contributed by atoms with Gasteiger partial charge in [0.15, 0.2) is 0 Å². The number of benzene rings is 2. The molecule has 1 amide bonds. The van der Waals surface area contributed by atoms with Crippen LogP contribution in [0.1, 0.15) is 16.1 Å². The molecular weight excluding hydrogens is 264 g/mol. The third-order valence-electron chi connectivity index (χ3n) is 3.10. The number of amides is 1. The molecule has 0 aliphatic heterocycles. The lowest BCUT2D eigenvalue weighted by Crippen LogP contribution is -2.14. The SMILES string of the molecule is NCc1cccc(NC(=O)c2cnc3ccccc3n2)c1. The summed E-state index contributed by atoms with van der Waals surface area (Å²) in [7, 11) is 0. The number of para-hydroxylation sites is 2. The minimum atomic E-state index is -0.289. The summed E-state index contributed by atoms with van der Waals surface area (Å²) in [6.45, 7) is 0.430. The van der Waals surface area contributed by atoms with Crippen LogP contribution in [0.5, 0.6) is 0 Å². The number of fused-ring (bicyclic) bond motifs is 1. The van der Waals surface area contributed by atoms with Crippen LogP contribution < -0.4 is 11.1 Å². The van der Waals surface area contributed by atoms with Crippen LogP contribution in [0.25, 0.3) is 11.0 Å². The Balaban J connectivity index is 1.86. The first kappa shape index (κ1) is 13.2. The van der Waals surface area contributed by atoms with E-state index in [-0.39, 0.29) is 11.6 Å². The molecule has 104 valence electrons. The van der Waals surface area contributed by atoms with Gasteiger partial charge in [-0.2, -0.15) is 0 Å². The standard InChI is InChI=1S/C16H14N4O/c17-9-11-4-3-5-12(8-11)19-16(21)15-10-18-13-6-1-2-7-14(13)20-15/h1-8,10H,9,17H2,(H,19,21). The highest BCUT2D eigenvalue weighted by molar-refractivity contribution is 6.03. The van der Waals surface area contributed by atoms with Crippen LogP contribution in [0.3, 0.4) is 0 Å². The van der Waals surface area contributed by atoms with E-state index in [4.69, 9.17) is 5.73 Å². The molecule has 21 heavy (non-hydrogen) atoms. The Morgan fingerprint density at radius 3 is 2.71 bits per heavy atom. The number of nitrogens with two attached hydrogens (primary N) is 1. The maximum absolute atomic E-state index is 12.2. The van der Waals surface area contributed by atoms with E-state index in [0.29, 0.717) is 17.7 Å². The molecule has 1 heterocycles. The zero-order chi connectivity index (χ0) is 14.7. The van der Waals surface area contributed by atoms with Crippen molar-refractivity contribution in [2.24, 2.45) is 5.73 Å². The Morgan fingerprint density at radius 2 is 1.90 bits per heavy atom. The van der Waals surface area contributed by atoms with Gasteiger partial charge in [0.25, 0.3) is 5.91 Å². The summed E-state index contributed by atoms with van der Waals surface area (Å²) in [5.41, 5.74) is 8.98. The van der Waals surface area contributed by atoms with Crippen LogP contribution in [0, 0.1) is 0 Å². The van der Waals surface area contributed by atoms with Crippen molar-refractivity contribution in [2.75, 3.05) is 5.32 Å². The normalized spacial score (nSPS) is 10.5. The number of carbonyl (C=O) groups is 1. The molecule has 0 spiro atoms. The van der Waals surface area contributed by atoms with Gasteiger partial charge in [0.05, 0.1) is 17.2 Å². The Labute approximate surface area is 121 Å². The van der Waals surface area contributed by atoms with Gasteiger partial charge >= 0.3 is 0 Å². The molecule has 1 aromatic heterocycles. The summed E-state index contributed by atoms with van der Waals surface area (Å²) >= 11 is 0. The average Bonchev–Trinajstić information content (AvgIpc) is 2.54. The first-order chi connectivity index (χ1) is 10.3. The summed E-state index contributed by atoms with van der Waals surface area (Å²) in [6.07, 6.45) is 1.48. The van der Waals surface area contributed by atoms with Crippen molar-refractivity contribution in [3.63, 3.8) is 0 Å². The molecule has 0 saturated carbocycles. The van der Waals surface area contributed by atoms with Gasteiger partial charge < -0.3 is 11.1 Å². The second-order valence-electron chi connectivity index (χ2n) is 4.60. The van der Waals surface area contributed by atoms with Crippen molar-refractivity contribution in [1.82, 2.24) is 9.97 Å². The van der Waals surface area contributed by atoms with Crippen molar-refractivity contribution in [2.45, 2.75) is 6.54 Å². The van der Waals surface area contributed by atoms with Crippen molar-refractivity contribution in [1.29, 1.82) is 0 Å². The Hall–Kier alpha value is -2.79. The molecular formula is C16H14N4O. The third kappa shape index (κ3) is 2.88. The molecule has 3 N–H and O–H groups in total. The van der Waals surface area contributed by atoms with Crippen LogP contribution in [-0.4, -0.2) is 15.9 Å². The van der Waals surface area contributed by atoms with E-state index in [1.807, 2.05) is 48.5 Å². The molecule has 5 heteroatoms. The topological polar surface area (TPSA) is 80.9 Å². The molecule has 5 nitrogen and oxygen atoms in total. The average molecular weight is 278 g/mol. The second kappa shape index (κ2) is 5.68. The third-order valence-corrected chi connectivity index (χ3v) is 3.10. The van der Waals surface area contributed by atoms with Gasteiger partial charge in [-0.15, -0.1) is 0 Å². The fraction of sp³-hybridized carbons (Fsp3) is 0.0625. The van der Waals surface area contributed by atoms with Crippen LogP contribution in [0.4, 0.5) is 5.69 Å². The lowest BCUT2D eigenvalue weighted by Gasteiger charge is -2.06. The summed E-state index contributed by atoms with van der Waals surface area (Å²) in [5.74, 6) is -0.289. The van der Waals surface area contributed by atoms with Gasteiger partial charge in [-0.25, -0.2) is 4.98 Å². The highest BCUT2D eigenvalue weighted by Crippen LogP contribution is 2.13. The number of nitrogens with one attached hydrogen (secondary N) is 1. The van der Waals surface area contributed by atoms with Gasteiger partial charge in [-0.3, -0.25) is 9.78 Å². The number of anilines is 1. The Kier molecular flexibility index (Phi) is 3.57. The van der Waals surface area contributed by atoms with Gasteiger partial charge in [0.1, 0.15) is 5.69 Å². The van der Waals surface area contributed by atoms with Crippen molar-refractivity contribution in [3.8, 4) is 0 Å². The molecule has 3 rings (SSSR count). The fourth-order valence-corrected chi connectivity index (χ4v) is 2.04. The molecule has 2 aromatic carbocycles. The predicted octanol–water partition coefficient (Wildman–Crippen LogP) is 2.34. The van der Waals surface area contributed by atoms with Gasteiger partial charge in [0.2, 0.25) is 0 Å². The molecule has 0 bridgehead atoms. The number of nitrogens with zero attached hydrogens (tertiary/aromatic N) is 2. The highest BCUT2D eigenvalue weighted by atomic mass is 16.1. The number of rotatable bonds is 3. The van der Waals surface area contributed by atoms with Gasteiger partial charge in [0, 0.05) is 12.2 Å². The zero-order valence-electron chi connectivity index (χ0n) is 11.3. The van der Waals surface area contributed by atoms with E-state index in [1.54, 1.807) is 0 Å². The molecule has 0 atom stereocenters. The second-order valence-corrected chi connectivity index (χ2v) is 4.60. The Bertz CT molecular complexity index is 801. The predicted molar refractivity (Wildman–Crippen MR) is 81.8 cm³/mol. The van der Waals surface area contributed by atoms with E-state index in [9.17, 15) is 4.79 Å². The minimum Gasteiger partial charge on any atom is -0.326 e. The number of hydrogen-bond donors (Lipinski definition) is 2. The van der Waals surface area contributed by atoms with E-state index >= 15 is 0 Å². The summed E-state index contributed by atoms with van der Waals surface area (Å²) in [5, 5.41) is 2.80. The molecule has 0 unspecified atom stereocenters. The Morgan fingerprint density at radius 1 is 1.10 bits per heavy atom. The van der Waals surface area contributed by atoms with Crippen molar-refractivity contribution < 1.29 is 4.79 Å². The van der Waals surface area contributed by atoms with Crippen LogP contribution in [0.15, 0.2) is 54.7 Å². The van der Waals surface area contributed by atoms with Crippen LogP contribution >= 0.6 is 0 Å². The van der Waals surface area contributed by atoms with Crippen molar-refractivity contribution >= 4 is 22.6 Å². The number of aromatic nitrogens is 2. The summed E-state index contributed by atoms with van der Waals surface area (Å²) in [4.78, 5) is 20.8. The smallest absolute Gasteiger partial charge is 0.275 e. The molecule has 3 aromatic rings.